The molecule has 0 fully saturated rings. The Bertz CT molecular complexity index is 771. The molecule has 0 heterocycles. The van der Waals surface area contributed by atoms with Gasteiger partial charge in [0.25, 0.3) is 0 Å². The van der Waals surface area contributed by atoms with Crippen molar-refractivity contribution in [3.63, 3.8) is 0 Å². The molecule has 27 heavy (non-hydrogen) atoms. The molecule has 0 atom stereocenters. The molecule has 1 N–H and O–H groups in total. The Kier molecular flexibility index (Phi) is 7.48. The average molecular weight is 393 g/mol. The molecule has 0 radical (unpaired) electrons. The molecule has 0 aliphatic heterocycles. The molecule has 0 unspecified atom stereocenters. The summed E-state index contributed by atoms with van der Waals surface area (Å²) in [7, 11) is 6.18. The van der Waals surface area contributed by atoms with E-state index in [4.69, 9.17) is 23.1 Å². The lowest BCUT2D eigenvalue weighted by Crippen LogP contribution is -2.10. The zero-order valence-electron chi connectivity index (χ0n) is 16.0. The summed E-state index contributed by atoms with van der Waals surface area (Å²) >= 11 is 1.13. The first kappa shape index (κ1) is 20.6. The van der Waals surface area contributed by atoms with Crippen LogP contribution in [0, 0.1) is 0 Å². The predicted molar refractivity (Wildman–Crippen MR) is 104 cm³/mol. The fourth-order valence-electron chi connectivity index (χ4n) is 2.28. The number of hydrogen-bond acceptors (Lipinski definition) is 7. The normalized spacial score (nSPS) is 10.1. The molecule has 0 aliphatic carbocycles. The zero-order chi connectivity index (χ0) is 19.8. The van der Waals surface area contributed by atoms with Gasteiger partial charge in [0.05, 0.1) is 51.1 Å². The highest BCUT2D eigenvalue weighted by molar-refractivity contribution is 7.95. The van der Waals surface area contributed by atoms with Gasteiger partial charge in [-0.2, -0.15) is 0 Å². The smallest absolute Gasteiger partial charge is 0.224 e. The maximum absolute atomic E-state index is 11.7. The van der Waals surface area contributed by atoms with E-state index in [9.17, 15) is 4.79 Å². The first-order valence-corrected chi connectivity index (χ1v) is 8.92. The lowest BCUT2D eigenvalue weighted by molar-refractivity contribution is -0.115. The maximum atomic E-state index is 11.7. The molecular formula is C19H23NO6S. The van der Waals surface area contributed by atoms with Gasteiger partial charge in [0, 0.05) is 18.6 Å². The highest BCUT2D eigenvalue weighted by atomic mass is 32.2. The number of anilines is 1. The molecule has 0 saturated carbocycles. The first-order chi connectivity index (χ1) is 13.1. The topological polar surface area (TPSA) is 75.3 Å². The minimum atomic E-state index is -0.0963. The maximum Gasteiger partial charge on any atom is 0.224 e. The van der Waals surface area contributed by atoms with E-state index in [0.29, 0.717) is 40.9 Å². The Morgan fingerprint density at radius 2 is 1.56 bits per heavy atom. The van der Waals surface area contributed by atoms with Gasteiger partial charge < -0.3 is 28.4 Å². The van der Waals surface area contributed by atoms with Crippen LogP contribution in [-0.4, -0.2) is 34.3 Å². The van der Waals surface area contributed by atoms with Crippen LogP contribution in [0.15, 0.2) is 35.2 Å². The minimum absolute atomic E-state index is 0.0963. The third-order valence-corrected chi connectivity index (χ3v) is 4.36. The molecule has 0 bridgehead atoms. The summed E-state index contributed by atoms with van der Waals surface area (Å²) in [6.07, 6.45) is 0.377. The average Bonchev–Trinajstić information content (AvgIpc) is 2.71. The van der Waals surface area contributed by atoms with E-state index in [1.54, 1.807) is 59.6 Å². The number of methoxy groups -OCH3 is 4. The molecule has 7 nitrogen and oxygen atoms in total. The predicted octanol–water partition coefficient (Wildman–Crippen LogP) is 4.16. The van der Waals surface area contributed by atoms with Crippen molar-refractivity contribution in [1.29, 1.82) is 0 Å². The molecule has 0 aliphatic rings. The van der Waals surface area contributed by atoms with Crippen LogP contribution >= 0.6 is 12.0 Å². The largest absolute Gasteiger partial charge is 0.495 e. The van der Waals surface area contributed by atoms with Crippen LogP contribution in [0.4, 0.5) is 5.69 Å². The van der Waals surface area contributed by atoms with Crippen molar-refractivity contribution in [3.05, 3.63) is 30.3 Å². The van der Waals surface area contributed by atoms with E-state index in [1.807, 2.05) is 6.07 Å². The van der Waals surface area contributed by atoms with Gasteiger partial charge in [0.1, 0.15) is 11.5 Å². The Morgan fingerprint density at radius 1 is 0.926 bits per heavy atom. The highest BCUT2D eigenvalue weighted by Crippen LogP contribution is 2.42. The fraction of sp³-hybridized carbons (Fsp3) is 0.316. The van der Waals surface area contributed by atoms with Gasteiger partial charge in [-0.1, -0.05) is 6.92 Å². The molecule has 146 valence electrons. The third kappa shape index (κ3) is 5.13. The number of carbonyl (C=O) groups is 1. The Morgan fingerprint density at radius 3 is 2.07 bits per heavy atom. The molecular weight excluding hydrogens is 370 g/mol. The number of carbonyl (C=O) groups excluding carboxylic acids is 1. The number of rotatable bonds is 9. The molecule has 0 saturated heterocycles. The van der Waals surface area contributed by atoms with E-state index in [2.05, 4.69) is 5.32 Å². The molecule has 2 aromatic rings. The second-order valence-corrected chi connectivity index (χ2v) is 6.10. The molecule has 0 aromatic heterocycles. The van der Waals surface area contributed by atoms with Crippen molar-refractivity contribution in [2.24, 2.45) is 0 Å². The molecule has 0 spiro atoms. The van der Waals surface area contributed by atoms with Crippen molar-refractivity contribution < 1.29 is 27.9 Å². The van der Waals surface area contributed by atoms with Crippen LogP contribution in [0.5, 0.6) is 28.7 Å². The van der Waals surface area contributed by atoms with E-state index in [-0.39, 0.29) is 5.91 Å². The van der Waals surface area contributed by atoms with E-state index in [0.717, 1.165) is 16.9 Å². The summed E-state index contributed by atoms with van der Waals surface area (Å²) in [5, 5.41) is 2.81. The Hall–Kier alpha value is -2.74. The third-order valence-electron chi connectivity index (χ3n) is 3.64. The number of nitrogens with one attached hydrogen (secondary N) is 1. The van der Waals surface area contributed by atoms with Crippen LogP contribution in [-0.2, 0) is 4.79 Å². The van der Waals surface area contributed by atoms with Crippen molar-refractivity contribution >= 4 is 23.6 Å². The Balaban J connectivity index is 2.21. The second-order valence-electron chi connectivity index (χ2n) is 5.29. The van der Waals surface area contributed by atoms with Crippen LogP contribution in [0.2, 0.25) is 0 Å². The molecule has 2 rings (SSSR count). The molecule has 2 aromatic carbocycles. The summed E-state index contributed by atoms with van der Waals surface area (Å²) in [6.45, 7) is 1.79. The lowest BCUT2D eigenvalue weighted by atomic mass is 10.2. The molecule has 8 heteroatoms. The second kappa shape index (κ2) is 9.82. The first-order valence-electron chi connectivity index (χ1n) is 8.18. The van der Waals surface area contributed by atoms with Gasteiger partial charge in [-0.15, -0.1) is 0 Å². The van der Waals surface area contributed by atoms with Crippen LogP contribution in [0.25, 0.3) is 0 Å². The standard InChI is InChI=1S/C19H23NO6S/c1-6-18(21)20-14-11-13(7-8-15(14)22-2)27-26-12-9-16(23-3)19(25-5)17(10-12)24-4/h7-11H,6H2,1-5H3,(H,20,21). The Labute approximate surface area is 163 Å². The minimum Gasteiger partial charge on any atom is -0.495 e. The van der Waals surface area contributed by atoms with Crippen LogP contribution in [0.1, 0.15) is 13.3 Å². The van der Waals surface area contributed by atoms with Gasteiger partial charge in [0.15, 0.2) is 11.5 Å². The summed E-state index contributed by atoms with van der Waals surface area (Å²) < 4.78 is 27.0. The van der Waals surface area contributed by atoms with Gasteiger partial charge >= 0.3 is 0 Å². The number of ether oxygens (including phenoxy) is 4. The van der Waals surface area contributed by atoms with Crippen molar-refractivity contribution in [2.75, 3.05) is 33.8 Å². The van der Waals surface area contributed by atoms with Crippen molar-refractivity contribution in [1.82, 2.24) is 0 Å². The van der Waals surface area contributed by atoms with E-state index < -0.39 is 0 Å². The molecule has 1 amide bonds. The lowest BCUT2D eigenvalue weighted by Gasteiger charge is -2.14. The summed E-state index contributed by atoms with van der Waals surface area (Å²) in [5.74, 6) is 2.50. The quantitative estimate of drug-likeness (QED) is 0.641. The monoisotopic (exact) mass is 393 g/mol. The zero-order valence-corrected chi connectivity index (χ0v) is 16.8. The number of benzene rings is 2. The van der Waals surface area contributed by atoms with Gasteiger partial charge in [-0.3, -0.25) is 4.79 Å². The summed E-state index contributed by atoms with van der Waals surface area (Å²) in [4.78, 5) is 12.5. The van der Waals surface area contributed by atoms with Gasteiger partial charge in [0.2, 0.25) is 11.7 Å². The SMILES string of the molecule is CCC(=O)Nc1cc(SOc2cc(OC)c(OC)c(OC)c2)ccc1OC. The summed E-state index contributed by atoms with van der Waals surface area (Å²) in [5.41, 5.74) is 0.586. The fourth-order valence-corrected chi connectivity index (χ4v) is 2.85. The number of hydrogen-bond donors (Lipinski definition) is 1. The van der Waals surface area contributed by atoms with E-state index >= 15 is 0 Å². The van der Waals surface area contributed by atoms with Crippen LogP contribution in [0.3, 0.4) is 0 Å². The van der Waals surface area contributed by atoms with E-state index in [1.165, 1.54) is 0 Å². The summed E-state index contributed by atoms with van der Waals surface area (Å²) in [6, 6.07) is 8.81. The highest BCUT2D eigenvalue weighted by Gasteiger charge is 2.15. The van der Waals surface area contributed by atoms with Crippen molar-refractivity contribution in [2.45, 2.75) is 18.2 Å². The van der Waals surface area contributed by atoms with Crippen molar-refractivity contribution in [3.8, 4) is 28.7 Å². The van der Waals surface area contributed by atoms with Gasteiger partial charge in [-0.05, 0) is 18.2 Å². The number of amides is 1. The van der Waals surface area contributed by atoms with Gasteiger partial charge in [-0.25, -0.2) is 0 Å². The van der Waals surface area contributed by atoms with Crippen LogP contribution < -0.4 is 28.4 Å².